The molecule has 0 aromatic heterocycles. The Morgan fingerprint density at radius 1 is 1.35 bits per heavy atom. The van der Waals surface area contributed by atoms with Gasteiger partial charge in [-0.15, -0.1) is 0 Å². The molecule has 1 aliphatic carbocycles. The predicted octanol–water partition coefficient (Wildman–Crippen LogP) is 2.00. The molecule has 0 aromatic carbocycles. The van der Waals surface area contributed by atoms with Crippen molar-refractivity contribution in [1.29, 1.82) is 0 Å². The number of carbonyl (C=O) groups excluding carboxylic acids is 1. The summed E-state index contributed by atoms with van der Waals surface area (Å²) < 4.78 is 5.37. The van der Waals surface area contributed by atoms with Crippen LogP contribution in [0.15, 0.2) is 0 Å². The summed E-state index contributed by atoms with van der Waals surface area (Å²) in [5, 5.41) is 3.54. The predicted molar refractivity (Wildman–Crippen MR) is 66.9 cm³/mol. The van der Waals surface area contributed by atoms with Gasteiger partial charge in [-0.3, -0.25) is 0 Å². The fraction of sp³-hybridized carbons (Fsp3) is 0.923. The summed E-state index contributed by atoms with van der Waals surface area (Å²) in [6, 6.07) is 0.461. The first-order valence-electron chi connectivity index (χ1n) is 6.65. The lowest BCUT2D eigenvalue weighted by Gasteiger charge is -2.24. The van der Waals surface area contributed by atoms with E-state index in [9.17, 15) is 4.79 Å². The monoisotopic (exact) mass is 240 g/mol. The highest BCUT2D eigenvalue weighted by Crippen LogP contribution is 2.28. The number of amides is 1. The van der Waals surface area contributed by atoms with Crippen molar-refractivity contribution in [1.82, 2.24) is 10.2 Å². The van der Waals surface area contributed by atoms with Crippen molar-refractivity contribution in [2.45, 2.75) is 51.7 Å². The van der Waals surface area contributed by atoms with Gasteiger partial charge in [0.15, 0.2) is 0 Å². The SMILES string of the molecule is CC(C)(C)OC(=O)N1CCC(NCC2CC2)C1. The van der Waals surface area contributed by atoms with Crippen LogP contribution in [0.2, 0.25) is 0 Å². The van der Waals surface area contributed by atoms with E-state index >= 15 is 0 Å². The Morgan fingerprint density at radius 2 is 2.06 bits per heavy atom. The van der Waals surface area contributed by atoms with Crippen LogP contribution in [0.5, 0.6) is 0 Å². The van der Waals surface area contributed by atoms with E-state index in [2.05, 4.69) is 5.32 Å². The Hall–Kier alpha value is -0.770. The molecule has 1 aliphatic heterocycles. The average Bonchev–Trinajstić information content (AvgIpc) is 2.90. The third-order valence-electron chi connectivity index (χ3n) is 3.23. The van der Waals surface area contributed by atoms with Gasteiger partial charge < -0.3 is 15.0 Å². The van der Waals surface area contributed by atoms with Crippen molar-refractivity contribution in [3.63, 3.8) is 0 Å². The number of rotatable bonds is 3. The van der Waals surface area contributed by atoms with Crippen LogP contribution in [-0.2, 0) is 4.74 Å². The molecule has 0 spiro atoms. The van der Waals surface area contributed by atoms with Crippen molar-refractivity contribution in [3.8, 4) is 0 Å². The smallest absolute Gasteiger partial charge is 0.410 e. The zero-order chi connectivity index (χ0) is 12.5. The van der Waals surface area contributed by atoms with Crippen LogP contribution in [0.3, 0.4) is 0 Å². The van der Waals surface area contributed by atoms with E-state index in [0.717, 1.165) is 32.0 Å². The molecule has 2 aliphatic rings. The fourth-order valence-corrected chi connectivity index (χ4v) is 2.07. The van der Waals surface area contributed by atoms with E-state index in [1.54, 1.807) is 0 Å². The van der Waals surface area contributed by atoms with E-state index < -0.39 is 5.60 Å². The maximum Gasteiger partial charge on any atom is 0.410 e. The summed E-state index contributed by atoms with van der Waals surface area (Å²) in [7, 11) is 0. The van der Waals surface area contributed by atoms with Crippen LogP contribution in [-0.4, -0.2) is 42.3 Å². The number of hydrogen-bond donors (Lipinski definition) is 1. The zero-order valence-electron chi connectivity index (χ0n) is 11.2. The van der Waals surface area contributed by atoms with E-state index in [1.165, 1.54) is 12.8 Å². The molecule has 1 saturated carbocycles. The quantitative estimate of drug-likeness (QED) is 0.820. The Labute approximate surface area is 104 Å². The first-order chi connectivity index (χ1) is 7.94. The van der Waals surface area contributed by atoms with Crippen LogP contribution >= 0.6 is 0 Å². The third-order valence-corrected chi connectivity index (χ3v) is 3.23. The Balaban J connectivity index is 1.70. The summed E-state index contributed by atoms with van der Waals surface area (Å²) in [5.41, 5.74) is -0.392. The molecule has 98 valence electrons. The van der Waals surface area contributed by atoms with Gasteiger partial charge >= 0.3 is 6.09 Å². The van der Waals surface area contributed by atoms with Crippen molar-refractivity contribution in [3.05, 3.63) is 0 Å². The lowest BCUT2D eigenvalue weighted by Crippen LogP contribution is -2.38. The largest absolute Gasteiger partial charge is 0.444 e. The minimum atomic E-state index is -0.392. The molecule has 1 unspecified atom stereocenters. The fourth-order valence-electron chi connectivity index (χ4n) is 2.07. The second-order valence-electron chi connectivity index (χ2n) is 6.26. The number of likely N-dealkylation sites (tertiary alicyclic amines) is 1. The van der Waals surface area contributed by atoms with Gasteiger partial charge in [-0.05, 0) is 52.5 Å². The van der Waals surface area contributed by atoms with Crippen molar-refractivity contribution >= 4 is 6.09 Å². The van der Waals surface area contributed by atoms with Crippen molar-refractivity contribution in [2.75, 3.05) is 19.6 Å². The maximum absolute atomic E-state index is 11.8. The minimum absolute atomic E-state index is 0.173. The van der Waals surface area contributed by atoms with E-state index in [0.29, 0.717) is 6.04 Å². The van der Waals surface area contributed by atoms with Crippen molar-refractivity contribution in [2.24, 2.45) is 5.92 Å². The van der Waals surface area contributed by atoms with Crippen LogP contribution in [0.4, 0.5) is 4.79 Å². The molecule has 2 rings (SSSR count). The minimum Gasteiger partial charge on any atom is -0.444 e. The van der Waals surface area contributed by atoms with E-state index in [1.807, 2.05) is 25.7 Å². The van der Waals surface area contributed by atoms with Crippen LogP contribution < -0.4 is 5.32 Å². The first kappa shape index (κ1) is 12.7. The molecule has 17 heavy (non-hydrogen) atoms. The molecule has 1 heterocycles. The van der Waals surface area contributed by atoms with Gasteiger partial charge in [0.05, 0.1) is 0 Å². The van der Waals surface area contributed by atoms with Crippen LogP contribution in [0, 0.1) is 5.92 Å². The van der Waals surface area contributed by atoms with E-state index in [-0.39, 0.29) is 6.09 Å². The number of ether oxygens (including phenoxy) is 1. The molecule has 4 heteroatoms. The summed E-state index contributed by atoms with van der Waals surface area (Å²) in [4.78, 5) is 13.6. The molecule has 2 fully saturated rings. The Morgan fingerprint density at radius 3 is 2.65 bits per heavy atom. The zero-order valence-corrected chi connectivity index (χ0v) is 11.2. The molecule has 0 radical (unpaired) electrons. The summed E-state index contributed by atoms with van der Waals surface area (Å²) in [6.45, 7) is 8.45. The van der Waals surface area contributed by atoms with Gasteiger partial charge in [-0.25, -0.2) is 4.79 Å². The topological polar surface area (TPSA) is 41.6 Å². The lowest BCUT2D eigenvalue weighted by molar-refractivity contribution is 0.0291. The molecule has 1 amide bonds. The van der Waals surface area contributed by atoms with Gasteiger partial charge in [0.2, 0.25) is 0 Å². The van der Waals surface area contributed by atoms with Gasteiger partial charge in [0.1, 0.15) is 5.60 Å². The van der Waals surface area contributed by atoms with Crippen LogP contribution in [0.1, 0.15) is 40.0 Å². The highest BCUT2D eigenvalue weighted by atomic mass is 16.6. The Bertz CT molecular complexity index is 282. The molecule has 1 atom stereocenters. The number of nitrogens with one attached hydrogen (secondary N) is 1. The van der Waals surface area contributed by atoms with Gasteiger partial charge in [-0.2, -0.15) is 0 Å². The normalized spacial score (nSPS) is 25.1. The highest BCUT2D eigenvalue weighted by Gasteiger charge is 2.30. The average molecular weight is 240 g/mol. The Kier molecular flexibility index (Phi) is 3.61. The molecular weight excluding hydrogens is 216 g/mol. The number of nitrogens with zero attached hydrogens (tertiary/aromatic N) is 1. The van der Waals surface area contributed by atoms with Crippen molar-refractivity contribution < 1.29 is 9.53 Å². The summed E-state index contributed by atoms with van der Waals surface area (Å²) in [6.07, 6.45) is 3.62. The third kappa shape index (κ3) is 4.19. The molecule has 1 saturated heterocycles. The lowest BCUT2D eigenvalue weighted by atomic mass is 10.2. The molecule has 4 nitrogen and oxygen atoms in total. The number of carbonyl (C=O) groups is 1. The second kappa shape index (κ2) is 4.84. The van der Waals surface area contributed by atoms with Gasteiger partial charge in [0.25, 0.3) is 0 Å². The standard InChI is InChI=1S/C13H24N2O2/c1-13(2,3)17-12(16)15-7-6-11(9-15)14-8-10-4-5-10/h10-11,14H,4-9H2,1-3H3. The second-order valence-corrected chi connectivity index (χ2v) is 6.26. The maximum atomic E-state index is 11.8. The van der Waals surface area contributed by atoms with E-state index in [4.69, 9.17) is 4.74 Å². The van der Waals surface area contributed by atoms with Gasteiger partial charge in [0, 0.05) is 19.1 Å². The molecule has 0 bridgehead atoms. The highest BCUT2D eigenvalue weighted by molar-refractivity contribution is 5.68. The van der Waals surface area contributed by atoms with Gasteiger partial charge in [-0.1, -0.05) is 0 Å². The number of hydrogen-bond acceptors (Lipinski definition) is 3. The summed E-state index contributed by atoms with van der Waals surface area (Å²) in [5.74, 6) is 0.894. The first-order valence-corrected chi connectivity index (χ1v) is 6.65. The molecular formula is C13H24N2O2. The molecule has 1 N–H and O–H groups in total. The van der Waals surface area contributed by atoms with Crippen LogP contribution in [0.25, 0.3) is 0 Å². The summed E-state index contributed by atoms with van der Waals surface area (Å²) >= 11 is 0. The molecule has 0 aromatic rings.